The summed E-state index contributed by atoms with van der Waals surface area (Å²) < 4.78 is 0. The average molecular weight is 290 g/mol. The number of nitrogens with two attached hydrogens (primary N) is 1. The van der Waals surface area contributed by atoms with Gasteiger partial charge in [-0.3, -0.25) is 4.79 Å². The molecule has 0 heterocycles. The molecule has 1 aromatic rings. The molecule has 1 atom stereocenters. The molecule has 0 aliphatic heterocycles. The van der Waals surface area contributed by atoms with E-state index in [0.717, 1.165) is 5.56 Å². The lowest BCUT2D eigenvalue weighted by molar-refractivity contribution is -0.120. The number of nitrogens with zero attached hydrogens (tertiary/aromatic N) is 1. The molecule has 98 valence electrons. The Morgan fingerprint density at radius 3 is 2.78 bits per heavy atom. The Kier molecular flexibility index (Phi) is 5.25. The third kappa shape index (κ3) is 4.09. The third-order valence-corrected chi connectivity index (χ3v) is 2.84. The molecule has 1 amide bonds. The van der Waals surface area contributed by atoms with Crippen molar-refractivity contribution in [2.45, 2.75) is 19.4 Å². The summed E-state index contributed by atoms with van der Waals surface area (Å²) in [5, 5.41) is 14.8. The highest BCUT2D eigenvalue weighted by Crippen LogP contribution is 2.25. The number of nitrogens with one attached hydrogen (secondary N) is 1. The minimum Gasteiger partial charge on any atom is -0.409 e. The number of carbonyl (C=O) groups is 1. The topological polar surface area (TPSA) is 87.7 Å². The number of hydrogen-bond acceptors (Lipinski definition) is 3. The molecule has 0 saturated heterocycles. The van der Waals surface area contributed by atoms with Crippen molar-refractivity contribution in [2.75, 3.05) is 0 Å². The predicted molar refractivity (Wildman–Crippen MR) is 71.0 cm³/mol. The number of amidine groups is 1. The number of benzene rings is 1. The van der Waals surface area contributed by atoms with Gasteiger partial charge in [0.1, 0.15) is 5.84 Å². The fraction of sp³-hybridized carbons (Fsp3) is 0.273. The Bertz CT molecular complexity index is 477. The number of carbonyl (C=O) groups excluding carboxylic acids is 1. The highest BCUT2D eigenvalue weighted by molar-refractivity contribution is 6.35. The van der Waals surface area contributed by atoms with Gasteiger partial charge in [-0.15, -0.1) is 0 Å². The van der Waals surface area contributed by atoms with E-state index in [1.807, 2.05) is 0 Å². The van der Waals surface area contributed by atoms with Gasteiger partial charge < -0.3 is 16.3 Å². The Hall–Kier alpha value is -1.46. The third-order valence-electron chi connectivity index (χ3n) is 2.28. The second kappa shape index (κ2) is 6.47. The lowest BCUT2D eigenvalue weighted by Crippen LogP contribution is -2.30. The van der Waals surface area contributed by atoms with E-state index in [0.29, 0.717) is 10.0 Å². The molecule has 1 aromatic carbocycles. The highest BCUT2D eigenvalue weighted by Gasteiger charge is 2.13. The van der Waals surface area contributed by atoms with Crippen LogP contribution in [-0.2, 0) is 4.79 Å². The van der Waals surface area contributed by atoms with Crippen molar-refractivity contribution < 1.29 is 10.0 Å². The predicted octanol–water partition coefficient (Wildman–Crippen LogP) is 2.31. The van der Waals surface area contributed by atoms with E-state index in [1.54, 1.807) is 25.1 Å². The molecule has 1 unspecified atom stereocenters. The molecule has 0 fully saturated rings. The van der Waals surface area contributed by atoms with Crippen molar-refractivity contribution in [3.05, 3.63) is 33.8 Å². The normalized spacial score (nSPS) is 13.2. The van der Waals surface area contributed by atoms with E-state index < -0.39 is 0 Å². The first-order valence-electron chi connectivity index (χ1n) is 5.14. The van der Waals surface area contributed by atoms with Crippen LogP contribution in [0.15, 0.2) is 23.4 Å². The summed E-state index contributed by atoms with van der Waals surface area (Å²) in [5.41, 5.74) is 5.98. The van der Waals surface area contributed by atoms with Gasteiger partial charge in [-0.05, 0) is 24.6 Å². The monoisotopic (exact) mass is 289 g/mol. The van der Waals surface area contributed by atoms with Crippen LogP contribution in [0.3, 0.4) is 0 Å². The first-order chi connectivity index (χ1) is 8.43. The van der Waals surface area contributed by atoms with Crippen LogP contribution < -0.4 is 11.1 Å². The summed E-state index contributed by atoms with van der Waals surface area (Å²) >= 11 is 11.8. The molecule has 0 spiro atoms. The molecule has 0 bridgehead atoms. The fourth-order valence-corrected chi connectivity index (χ4v) is 1.99. The van der Waals surface area contributed by atoms with Crippen LogP contribution in [0.25, 0.3) is 0 Å². The van der Waals surface area contributed by atoms with Gasteiger partial charge in [0.2, 0.25) is 5.91 Å². The summed E-state index contributed by atoms with van der Waals surface area (Å²) in [6, 6.07) is 4.73. The minimum atomic E-state index is -0.358. The standard InChI is InChI=1S/C11H13Cl2N3O2/c1-6(15-11(17)5-10(14)16-18)8-3-2-7(12)4-9(8)13/h2-4,6,18H,5H2,1H3,(H2,14,16)(H,15,17). The molecular weight excluding hydrogens is 277 g/mol. The van der Waals surface area contributed by atoms with E-state index in [1.165, 1.54) is 0 Å². The number of oxime groups is 1. The zero-order chi connectivity index (χ0) is 13.7. The Labute approximate surface area is 115 Å². The number of amides is 1. The summed E-state index contributed by atoms with van der Waals surface area (Å²) in [5.74, 6) is -0.509. The molecular formula is C11H13Cl2N3O2. The van der Waals surface area contributed by atoms with Gasteiger partial charge in [0.05, 0.1) is 12.5 Å². The van der Waals surface area contributed by atoms with Crippen molar-refractivity contribution in [1.29, 1.82) is 0 Å². The van der Waals surface area contributed by atoms with Crippen molar-refractivity contribution in [2.24, 2.45) is 10.9 Å². The maximum absolute atomic E-state index is 11.5. The number of hydrogen-bond donors (Lipinski definition) is 3. The zero-order valence-corrected chi connectivity index (χ0v) is 11.2. The molecule has 4 N–H and O–H groups in total. The summed E-state index contributed by atoms with van der Waals surface area (Å²) in [6.07, 6.45) is -0.175. The molecule has 0 radical (unpaired) electrons. The van der Waals surface area contributed by atoms with Crippen molar-refractivity contribution in [1.82, 2.24) is 5.32 Å². The largest absolute Gasteiger partial charge is 0.409 e. The summed E-state index contributed by atoms with van der Waals surface area (Å²) in [6.45, 7) is 1.78. The van der Waals surface area contributed by atoms with Gasteiger partial charge in [0, 0.05) is 10.0 Å². The first kappa shape index (κ1) is 14.6. The first-order valence-corrected chi connectivity index (χ1v) is 5.90. The van der Waals surface area contributed by atoms with Crippen LogP contribution in [0.1, 0.15) is 24.9 Å². The van der Waals surface area contributed by atoms with Crippen LogP contribution in [0.4, 0.5) is 0 Å². The second-order valence-electron chi connectivity index (χ2n) is 3.72. The Balaban J connectivity index is 2.70. The van der Waals surface area contributed by atoms with E-state index in [9.17, 15) is 4.79 Å². The van der Waals surface area contributed by atoms with Gasteiger partial charge in [0.25, 0.3) is 0 Å². The Morgan fingerprint density at radius 1 is 1.56 bits per heavy atom. The van der Waals surface area contributed by atoms with E-state index in [2.05, 4.69) is 10.5 Å². The summed E-state index contributed by atoms with van der Waals surface area (Å²) in [4.78, 5) is 11.5. The van der Waals surface area contributed by atoms with Gasteiger partial charge >= 0.3 is 0 Å². The minimum absolute atomic E-state index is 0.151. The lowest BCUT2D eigenvalue weighted by atomic mass is 10.1. The Morgan fingerprint density at radius 2 is 2.22 bits per heavy atom. The maximum atomic E-state index is 11.5. The van der Waals surface area contributed by atoms with Crippen molar-refractivity contribution >= 4 is 34.9 Å². The average Bonchev–Trinajstić information content (AvgIpc) is 2.28. The molecule has 0 aliphatic carbocycles. The quantitative estimate of drug-likeness (QED) is 0.344. The number of halogens is 2. The van der Waals surface area contributed by atoms with Crippen LogP contribution in [-0.4, -0.2) is 17.0 Å². The van der Waals surface area contributed by atoms with Crippen LogP contribution in [0, 0.1) is 0 Å². The molecule has 0 saturated carbocycles. The second-order valence-corrected chi connectivity index (χ2v) is 4.57. The molecule has 5 nitrogen and oxygen atoms in total. The van der Waals surface area contributed by atoms with Crippen LogP contribution in [0.2, 0.25) is 10.0 Å². The highest BCUT2D eigenvalue weighted by atomic mass is 35.5. The molecule has 1 rings (SSSR count). The van der Waals surface area contributed by atoms with Gasteiger partial charge in [-0.1, -0.05) is 34.4 Å². The van der Waals surface area contributed by atoms with Crippen LogP contribution in [0.5, 0.6) is 0 Å². The van der Waals surface area contributed by atoms with Crippen molar-refractivity contribution in [3.63, 3.8) is 0 Å². The zero-order valence-electron chi connectivity index (χ0n) is 9.65. The summed E-state index contributed by atoms with van der Waals surface area (Å²) in [7, 11) is 0. The van der Waals surface area contributed by atoms with E-state index >= 15 is 0 Å². The van der Waals surface area contributed by atoms with Gasteiger partial charge in [-0.25, -0.2) is 0 Å². The van der Waals surface area contributed by atoms with E-state index in [-0.39, 0.29) is 24.2 Å². The SMILES string of the molecule is CC(NC(=O)C/C(N)=N/O)c1ccc(Cl)cc1Cl. The molecule has 0 aromatic heterocycles. The van der Waals surface area contributed by atoms with Crippen molar-refractivity contribution in [3.8, 4) is 0 Å². The lowest BCUT2D eigenvalue weighted by Gasteiger charge is -2.15. The van der Waals surface area contributed by atoms with Gasteiger partial charge in [0.15, 0.2) is 0 Å². The van der Waals surface area contributed by atoms with E-state index in [4.69, 9.17) is 34.1 Å². The smallest absolute Gasteiger partial charge is 0.228 e. The maximum Gasteiger partial charge on any atom is 0.228 e. The molecule has 18 heavy (non-hydrogen) atoms. The molecule has 0 aliphatic rings. The molecule has 7 heteroatoms. The van der Waals surface area contributed by atoms with Crippen LogP contribution >= 0.6 is 23.2 Å². The fourth-order valence-electron chi connectivity index (χ4n) is 1.42. The van der Waals surface area contributed by atoms with Gasteiger partial charge in [-0.2, -0.15) is 0 Å². The number of rotatable bonds is 4.